The largest absolute Gasteiger partial charge is 0.441 e. The van der Waals surface area contributed by atoms with Crippen LogP contribution in [0.4, 0.5) is 0 Å². The smallest absolute Gasteiger partial charge is 0.226 e. The van der Waals surface area contributed by atoms with Crippen LogP contribution in [0.2, 0.25) is 0 Å². The van der Waals surface area contributed by atoms with Crippen molar-refractivity contribution >= 4 is 15.6 Å². The summed E-state index contributed by atoms with van der Waals surface area (Å²) < 4.78 is 31.3. The fraction of sp³-hybridized carbons (Fsp3) is 0.192. The molecule has 0 aliphatic carbocycles. The maximum absolute atomic E-state index is 12.8. The number of sulfone groups is 1. The van der Waals surface area contributed by atoms with Gasteiger partial charge in [-0.1, -0.05) is 35.9 Å². The summed E-state index contributed by atoms with van der Waals surface area (Å²) in [5, 5.41) is 0. The highest BCUT2D eigenvalue weighted by Crippen LogP contribution is 2.25. The molecule has 0 bridgehead atoms. The monoisotopic (exact) mass is 460 g/mol. The normalized spacial score (nSPS) is 11.5. The molecule has 33 heavy (non-hydrogen) atoms. The van der Waals surface area contributed by atoms with Crippen molar-refractivity contribution in [3.8, 4) is 11.5 Å². The molecule has 7 heteroatoms. The third-order valence-corrected chi connectivity index (χ3v) is 7.06. The summed E-state index contributed by atoms with van der Waals surface area (Å²) in [4.78, 5) is 21.3. The number of ketones is 1. The number of oxazole rings is 1. The van der Waals surface area contributed by atoms with Gasteiger partial charge in [-0.15, -0.1) is 0 Å². The number of carbonyl (C=O) groups excluding carboxylic acids is 1. The van der Waals surface area contributed by atoms with Gasteiger partial charge >= 0.3 is 0 Å². The van der Waals surface area contributed by atoms with E-state index in [0.29, 0.717) is 41.3 Å². The van der Waals surface area contributed by atoms with Crippen molar-refractivity contribution in [2.45, 2.75) is 37.3 Å². The Morgan fingerprint density at radius 1 is 0.970 bits per heavy atom. The first-order valence-corrected chi connectivity index (χ1v) is 12.3. The minimum atomic E-state index is -3.54. The molecule has 0 aliphatic heterocycles. The van der Waals surface area contributed by atoms with Crippen molar-refractivity contribution in [2.75, 3.05) is 0 Å². The van der Waals surface area contributed by atoms with Gasteiger partial charge in [-0.05, 0) is 56.2 Å². The standard InChI is InChI=1S/C26H24N2O4S/c1-18-5-12-23(13-6-18)33(30,31)17-24-19(2)32-26(28-24)22-10-8-21(9-11-22)25(29)14-7-20-4-3-15-27-16-20/h3-6,8-13,15-16H,7,14,17H2,1-2H3. The zero-order valence-electron chi connectivity index (χ0n) is 18.5. The van der Waals surface area contributed by atoms with Crippen LogP contribution in [0.1, 0.15) is 39.4 Å². The SMILES string of the molecule is Cc1ccc(S(=O)(=O)Cc2nc(-c3ccc(C(=O)CCc4cccnc4)cc3)oc2C)cc1. The quantitative estimate of drug-likeness (QED) is 0.338. The van der Waals surface area contributed by atoms with Gasteiger partial charge in [0.15, 0.2) is 15.6 Å². The van der Waals surface area contributed by atoms with Crippen molar-refractivity contribution in [3.63, 3.8) is 0 Å². The maximum atomic E-state index is 12.8. The Morgan fingerprint density at radius 3 is 2.36 bits per heavy atom. The average Bonchev–Trinajstić information content (AvgIpc) is 3.18. The van der Waals surface area contributed by atoms with Gasteiger partial charge in [-0.2, -0.15) is 0 Å². The van der Waals surface area contributed by atoms with Gasteiger partial charge in [0.25, 0.3) is 0 Å². The van der Waals surface area contributed by atoms with Crippen molar-refractivity contribution in [1.29, 1.82) is 0 Å². The van der Waals surface area contributed by atoms with Crippen LogP contribution in [0.5, 0.6) is 0 Å². The first-order valence-electron chi connectivity index (χ1n) is 10.6. The molecule has 0 spiro atoms. The summed E-state index contributed by atoms with van der Waals surface area (Å²) >= 11 is 0. The first kappa shape index (κ1) is 22.6. The highest BCUT2D eigenvalue weighted by atomic mass is 32.2. The lowest BCUT2D eigenvalue weighted by molar-refractivity contribution is 0.0983. The lowest BCUT2D eigenvalue weighted by atomic mass is 10.0. The van der Waals surface area contributed by atoms with E-state index in [9.17, 15) is 13.2 Å². The highest BCUT2D eigenvalue weighted by molar-refractivity contribution is 7.90. The molecule has 2 aromatic carbocycles. The van der Waals surface area contributed by atoms with Gasteiger partial charge in [0.05, 0.1) is 10.6 Å². The van der Waals surface area contributed by atoms with Gasteiger partial charge in [0.2, 0.25) is 5.89 Å². The van der Waals surface area contributed by atoms with Gasteiger partial charge in [0, 0.05) is 29.9 Å². The van der Waals surface area contributed by atoms with Gasteiger partial charge in [0.1, 0.15) is 11.5 Å². The molecule has 0 unspecified atom stereocenters. The van der Waals surface area contributed by atoms with Crippen molar-refractivity contribution in [3.05, 3.63) is 101 Å². The van der Waals surface area contributed by atoms with Crippen molar-refractivity contribution in [2.24, 2.45) is 0 Å². The van der Waals surface area contributed by atoms with Crippen LogP contribution in [0.25, 0.3) is 11.5 Å². The van der Waals surface area contributed by atoms with Crippen molar-refractivity contribution in [1.82, 2.24) is 9.97 Å². The zero-order valence-corrected chi connectivity index (χ0v) is 19.3. The van der Waals surface area contributed by atoms with E-state index in [-0.39, 0.29) is 16.4 Å². The Morgan fingerprint density at radius 2 is 1.70 bits per heavy atom. The topological polar surface area (TPSA) is 90.1 Å². The molecule has 0 amide bonds. The first-order chi connectivity index (χ1) is 15.8. The molecule has 2 heterocycles. The number of benzene rings is 2. The van der Waals surface area contributed by atoms with E-state index in [1.165, 1.54) is 0 Å². The summed E-state index contributed by atoms with van der Waals surface area (Å²) in [6, 6.07) is 17.6. The predicted molar refractivity (Wildman–Crippen MR) is 126 cm³/mol. The summed E-state index contributed by atoms with van der Waals surface area (Å²) in [7, 11) is -3.54. The summed E-state index contributed by atoms with van der Waals surface area (Å²) in [5.74, 6) is 0.586. The van der Waals surface area contributed by atoms with E-state index < -0.39 is 9.84 Å². The fourth-order valence-electron chi connectivity index (χ4n) is 3.44. The van der Waals surface area contributed by atoms with E-state index in [4.69, 9.17) is 4.42 Å². The molecule has 0 saturated heterocycles. The second-order valence-corrected chi connectivity index (χ2v) is 9.95. The Hall–Kier alpha value is -3.58. The molecule has 2 aromatic heterocycles. The lowest BCUT2D eigenvalue weighted by Crippen LogP contribution is -2.06. The predicted octanol–water partition coefficient (Wildman–Crippen LogP) is 5.14. The third kappa shape index (κ3) is 5.43. The van der Waals surface area contributed by atoms with E-state index in [1.54, 1.807) is 67.8 Å². The molecule has 0 fully saturated rings. The van der Waals surface area contributed by atoms with Crippen LogP contribution in [0, 0.1) is 13.8 Å². The van der Waals surface area contributed by atoms with Gasteiger partial charge < -0.3 is 4.42 Å². The number of carbonyl (C=O) groups is 1. The van der Waals surface area contributed by atoms with Gasteiger partial charge in [-0.25, -0.2) is 13.4 Å². The summed E-state index contributed by atoms with van der Waals surface area (Å²) in [6.45, 7) is 3.61. The van der Waals surface area contributed by atoms with E-state index >= 15 is 0 Å². The molecule has 4 rings (SSSR count). The number of Topliss-reactive ketones (excluding diaryl/α,β-unsaturated/α-hetero) is 1. The fourth-order valence-corrected chi connectivity index (χ4v) is 4.79. The van der Waals surface area contributed by atoms with Crippen LogP contribution in [-0.2, 0) is 22.0 Å². The molecular weight excluding hydrogens is 436 g/mol. The molecule has 0 N–H and O–H groups in total. The van der Waals surface area contributed by atoms with Crippen LogP contribution >= 0.6 is 0 Å². The minimum Gasteiger partial charge on any atom is -0.441 e. The van der Waals surface area contributed by atoms with Gasteiger partial charge in [-0.3, -0.25) is 9.78 Å². The molecule has 6 nitrogen and oxygen atoms in total. The molecule has 0 atom stereocenters. The molecule has 168 valence electrons. The number of pyridine rings is 1. The van der Waals surface area contributed by atoms with E-state index in [1.807, 2.05) is 19.1 Å². The highest BCUT2D eigenvalue weighted by Gasteiger charge is 2.21. The second kappa shape index (κ2) is 9.50. The molecule has 4 aromatic rings. The van der Waals surface area contributed by atoms with E-state index in [2.05, 4.69) is 9.97 Å². The minimum absolute atomic E-state index is 0.0406. The molecule has 0 saturated carbocycles. The lowest BCUT2D eigenvalue weighted by Gasteiger charge is -2.03. The molecular formula is C26H24N2O4S. The summed E-state index contributed by atoms with van der Waals surface area (Å²) in [6.07, 6.45) is 4.49. The van der Waals surface area contributed by atoms with Crippen molar-refractivity contribution < 1.29 is 17.6 Å². The zero-order chi connectivity index (χ0) is 23.4. The van der Waals surface area contributed by atoms with Crippen LogP contribution in [0.3, 0.4) is 0 Å². The summed E-state index contributed by atoms with van der Waals surface area (Å²) in [5.41, 5.74) is 3.68. The number of aromatic nitrogens is 2. The Kier molecular flexibility index (Phi) is 6.51. The van der Waals surface area contributed by atoms with Crippen LogP contribution in [-0.4, -0.2) is 24.2 Å². The third-order valence-electron chi connectivity index (χ3n) is 5.42. The number of rotatable bonds is 8. The van der Waals surface area contributed by atoms with Crippen LogP contribution < -0.4 is 0 Å². The maximum Gasteiger partial charge on any atom is 0.226 e. The molecule has 0 radical (unpaired) electrons. The van der Waals surface area contributed by atoms with E-state index in [0.717, 1.165) is 11.1 Å². The number of hydrogen-bond acceptors (Lipinski definition) is 6. The number of hydrogen-bond donors (Lipinski definition) is 0. The number of aryl methyl sites for hydroxylation is 3. The Balaban J connectivity index is 1.46. The second-order valence-electron chi connectivity index (χ2n) is 7.96. The number of nitrogens with zero attached hydrogens (tertiary/aromatic N) is 2. The molecule has 0 aliphatic rings. The van der Waals surface area contributed by atoms with Crippen LogP contribution in [0.15, 0.2) is 82.4 Å². The Bertz CT molecular complexity index is 1360. The Labute approximate surface area is 193 Å². The average molecular weight is 461 g/mol.